The molecule has 0 radical (unpaired) electrons. The highest BCUT2D eigenvalue weighted by atomic mass is 14.8. The number of H-pyrrole nitrogens is 2. The van der Waals surface area contributed by atoms with Crippen molar-refractivity contribution in [3.05, 3.63) is 124 Å². The van der Waals surface area contributed by atoms with Crippen LogP contribution in [0.3, 0.4) is 0 Å². The van der Waals surface area contributed by atoms with Crippen LogP contribution in [0, 0.1) is 27.7 Å². The highest BCUT2D eigenvalue weighted by Crippen LogP contribution is 2.38. The quantitative estimate of drug-likeness (QED) is 0.221. The van der Waals surface area contributed by atoms with E-state index in [0.29, 0.717) is 0 Å². The highest BCUT2D eigenvalue weighted by Gasteiger charge is 2.30. The molecule has 5 heterocycles. The third-order valence-electron chi connectivity index (χ3n) is 9.01. The molecule has 2 aromatic carbocycles. The molecule has 2 N–H and O–H groups in total. The van der Waals surface area contributed by atoms with Crippen LogP contribution in [0.4, 0.5) is 0 Å². The van der Waals surface area contributed by atoms with E-state index in [1.807, 2.05) is 6.08 Å². The number of hydrogen-bond acceptors (Lipinski definition) is 2. The zero-order valence-corrected chi connectivity index (χ0v) is 26.4. The minimum absolute atomic E-state index is 0.122. The smallest absolute Gasteiger partial charge is 0.0737 e. The number of benzene rings is 2. The molecule has 8 bridgehead atoms. The molecule has 0 saturated carbocycles. The van der Waals surface area contributed by atoms with Crippen LogP contribution >= 0.6 is 0 Å². The van der Waals surface area contributed by atoms with Crippen molar-refractivity contribution in [1.82, 2.24) is 19.9 Å². The van der Waals surface area contributed by atoms with Gasteiger partial charge in [-0.15, -0.1) is 0 Å². The number of nitrogens with one attached hydrogen (secondary N) is 2. The first-order chi connectivity index (χ1) is 21.1. The zero-order valence-electron chi connectivity index (χ0n) is 26.4. The van der Waals surface area contributed by atoms with Crippen LogP contribution in [-0.2, 0) is 11.8 Å². The Kier molecular flexibility index (Phi) is 6.55. The molecule has 0 amide bonds. The first kappa shape index (κ1) is 27.8. The van der Waals surface area contributed by atoms with Crippen LogP contribution in [0.1, 0.15) is 64.4 Å². The summed E-state index contributed by atoms with van der Waals surface area (Å²) in [6, 6.07) is 24.2. The van der Waals surface area contributed by atoms with Crippen molar-refractivity contribution < 1.29 is 0 Å². The Hall–Kier alpha value is -4.96. The fourth-order valence-electron chi connectivity index (χ4n) is 6.88. The fourth-order valence-corrected chi connectivity index (χ4v) is 6.88. The minimum Gasteiger partial charge on any atom is -0.355 e. The lowest BCUT2D eigenvalue weighted by Gasteiger charge is -2.16. The van der Waals surface area contributed by atoms with Crippen molar-refractivity contribution in [2.75, 3.05) is 0 Å². The van der Waals surface area contributed by atoms with Crippen LogP contribution < -0.4 is 0 Å². The standard InChI is InChI=1S/C40H38N4/c1-8-29-30-15-16-33(42-30)39(37-25(4)19-24(3)20-26(37)5)34-18-17-32(43-34)38(27-11-9-23(2)10-12-27)31-14-13-28(41-31)21-36-40(6,7)22-35(29)44-36/h8-21,41,43H,1,22H2,2-7H3. The van der Waals surface area contributed by atoms with E-state index in [0.717, 1.165) is 73.5 Å². The molecule has 4 heteroatoms. The lowest BCUT2D eigenvalue weighted by Crippen LogP contribution is -2.15. The van der Waals surface area contributed by atoms with Gasteiger partial charge in [-0.1, -0.05) is 74.0 Å². The van der Waals surface area contributed by atoms with E-state index in [9.17, 15) is 0 Å². The summed E-state index contributed by atoms with van der Waals surface area (Å²) in [5.74, 6) is 0. The second kappa shape index (κ2) is 10.3. The molecule has 4 nitrogen and oxygen atoms in total. The van der Waals surface area contributed by atoms with Crippen LogP contribution in [0.25, 0.3) is 62.5 Å². The van der Waals surface area contributed by atoms with Gasteiger partial charge in [0.05, 0.1) is 17.1 Å². The Bertz CT molecular complexity index is 2140. The van der Waals surface area contributed by atoms with E-state index >= 15 is 0 Å². The van der Waals surface area contributed by atoms with Gasteiger partial charge in [0.15, 0.2) is 0 Å². The van der Waals surface area contributed by atoms with Gasteiger partial charge in [0, 0.05) is 56.3 Å². The summed E-state index contributed by atoms with van der Waals surface area (Å²) >= 11 is 0. The van der Waals surface area contributed by atoms with Crippen molar-refractivity contribution in [1.29, 1.82) is 0 Å². The van der Waals surface area contributed by atoms with Crippen LogP contribution in [0.15, 0.2) is 73.3 Å². The van der Waals surface area contributed by atoms with Crippen molar-refractivity contribution in [2.24, 2.45) is 0 Å². The average molecular weight is 575 g/mol. The Balaban J connectivity index is 1.69. The zero-order chi connectivity index (χ0) is 30.7. The number of rotatable bonds is 3. The monoisotopic (exact) mass is 574 g/mol. The van der Waals surface area contributed by atoms with Crippen molar-refractivity contribution in [2.45, 2.75) is 53.4 Å². The van der Waals surface area contributed by atoms with Crippen molar-refractivity contribution in [3.8, 4) is 22.3 Å². The van der Waals surface area contributed by atoms with Crippen LogP contribution in [0.2, 0.25) is 0 Å². The molecule has 0 atom stereocenters. The molecule has 0 unspecified atom stereocenters. The molecule has 0 saturated heterocycles. The molecule has 2 aliphatic rings. The largest absolute Gasteiger partial charge is 0.355 e. The second-order valence-electron chi connectivity index (χ2n) is 13.0. The molecule has 218 valence electrons. The van der Waals surface area contributed by atoms with Gasteiger partial charge in [0.25, 0.3) is 0 Å². The molecule has 44 heavy (non-hydrogen) atoms. The molecule has 2 aliphatic heterocycles. The second-order valence-corrected chi connectivity index (χ2v) is 13.0. The van der Waals surface area contributed by atoms with Crippen LogP contribution in [-0.4, -0.2) is 19.9 Å². The van der Waals surface area contributed by atoms with Crippen molar-refractivity contribution in [3.63, 3.8) is 0 Å². The Morgan fingerprint density at radius 2 is 1.32 bits per heavy atom. The predicted octanol–water partition coefficient (Wildman–Crippen LogP) is 10.2. The molecule has 0 aliphatic carbocycles. The van der Waals surface area contributed by atoms with Gasteiger partial charge in [-0.05, 0) is 92.4 Å². The number of fused-ring (bicyclic) bond motifs is 8. The maximum atomic E-state index is 5.27. The van der Waals surface area contributed by atoms with E-state index in [1.165, 1.54) is 27.8 Å². The first-order valence-corrected chi connectivity index (χ1v) is 15.3. The summed E-state index contributed by atoms with van der Waals surface area (Å²) in [7, 11) is 0. The summed E-state index contributed by atoms with van der Waals surface area (Å²) in [5.41, 5.74) is 18.5. The molecule has 0 fully saturated rings. The average Bonchev–Trinajstić information content (AvgIpc) is 3.77. The molecular formula is C40H38N4. The fraction of sp³-hybridized carbons (Fsp3) is 0.200. The van der Waals surface area contributed by atoms with Gasteiger partial charge in [-0.2, -0.15) is 0 Å². The molecule has 5 aromatic rings. The molecule has 0 spiro atoms. The summed E-state index contributed by atoms with van der Waals surface area (Å²) in [5, 5.41) is 0. The van der Waals surface area contributed by atoms with Gasteiger partial charge in [0.1, 0.15) is 0 Å². The normalized spacial score (nSPS) is 13.8. The van der Waals surface area contributed by atoms with E-state index < -0.39 is 0 Å². The summed E-state index contributed by atoms with van der Waals surface area (Å²) in [6.07, 6.45) is 7.00. The maximum absolute atomic E-state index is 5.27. The Morgan fingerprint density at radius 3 is 2.02 bits per heavy atom. The predicted molar refractivity (Wildman–Crippen MR) is 187 cm³/mol. The molecule has 7 rings (SSSR count). The van der Waals surface area contributed by atoms with Gasteiger partial charge in [-0.3, -0.25) is 4.98 Å². The van der Waals surface area contributed by atoms with E-state index in [-0.39, 0.29) is 5.41 Å². The van der Waals surface area contributed by atoms with E-state index in [1.54, 1.807) is 0 Å². The molecular weight excluding hydrogens is 536 g/mol. The lowest BCUT2D eigenvalue weighted by molar-refractivity contribution is 0.543. The number of aromatic nitrogens is 4. The Labute approximate surface area is 259 Å². The maximum Gasteiger partial charge on any atom is 0.0737 e. The van der Waals surface area contributed by atoms with Gasteiger partial charge < -0.3 is 9.97 Å². The number of hydrogen-bond donors (Lipinski definition) is 2. The third kappa shape index (κ3) is 4.71. The lowest BCUT2D eigenvalue weighted by atomic mass is 9.86. The third-order valence-corrected chi connectivity index (χ3v) is 9.01. The van der Waals surface area contributed by atoms with E-state index in [2.05, 4.69) is 137 Å². The van der Waals surface area contributed by atoms with E-state index in [4.69, 9.17) is 9.97 Å². The topological polar surface area (TPSA) is 57.4 Å². The first-order valence-electron chi connectivity index (χ1n) is 15.3. The summed E-state index contributed by atoms with van der Waals surface area (Å²) in [6.45, 7) is 17.4. The summed E-state index contributed by atoms with van der Waals surface area (Å²) < 4.78 is 0. The summed E-state index contributed by atoms with van der Waals surface area (Å²) in [4.78, 5) is 18.0. The minimum atomic E-state index is -0.122. The molecule has 3 aromatic heterocycles. The number of aryl methyl sites for hydroxylation is 4. The van der Waals surface area contributed by atoms with Gasteiger partial charge in [-0.25, -0.2) is 4.98 Å². The SMILES string of the molecule is C=Cc1c2nc(c(-c3c(C)cc(C)cc3C)c3ccc([nH]3)c(-c3ccc(C)cc3)c3ccc(cc4nc1CC4(C)C)[nH]3)C=C2. The Morgan fingerprint density at radius 1 is 0.682 bits per heavy atom. The number of nitrogens with zero attached hydrogens (tertiary/aromatic N) is 2. The van der Waals surface area contributed by atoms with Gasteiger partial charge >= 0.3 is 0 Å². The highest BCUT2D eigenvalue weighted by molar-refractivity contribution is 5.97. The van der Waals surface area contributed by atoms with Crippen LogP contribution in [0.5, 0.6) is 0 Å². The van der Waals surface area contributed by atoms with Gasteiger partial charge in [0.2, 0.25) is 0 Å². The van der Waals surface area contributed by atoms with Crippen molar-refractivity contribution >= 4 is 40.3 Å². The number of aromatic amines is 2.